The van der Waals surface area contributed by atoms with Gasteiger partial charge in [0.15, 0.2) is 0 Å². The zero-order chi connectivity index (χ0) is 17.6. The zero-order valence-corrected chi connectivity index (χ0v) is 15.0. The van der Waals surface area contributed by atoms with E-state index in [1.165, 1.54) is 12.8 Å². The number of anilines is 1. The van der Waals surface area contributed by atoms with E-state index >= 15 is 0 Å². The van der Waals surface area contributed by atoms with Crippen molar-refractivity contribution in [3.63, 3.8) is 0 Å². The molecule has 2 aliphatic rings. The lowest BCUT2D eigenvalue weighted by molar-refractivity contribution is -0.122. The summed E-state index contributed by atoms with van der Waals surface area (Å²) >= 11 is 0. The van der Waals surface area contributed by atoms with Crippen molar-refractivity contribution in [2.75, 3.05) is 18.4 Å². The molecule has 1 heterocycles. The number of rotatable bonds is 7. The number of hydrogen-bond donors (Lipinski definition) is 3. The summed E-state index contributed by atoms with van der Waals surface area (Å²) in [6.07, 6.45) is 5.94. The largest absolute Gasteiger partial charge is 0.350 e. The molecular weight excluding hydrogens is 314 g/mol. The first-order valence-corrected chi connectivity index (χ1v) is 9.52. The number of carbonyl (C=O) groups excluding carboxylic acids is 2. The standard InChI is InChI=1S/C20H29N3O2/c1-14(22-19(24)9-2-15-10-12-21-13-11-15)16-5-7-18(8-6-16)23-20(25)17-3-4-17/h5-8,14-15,17,21H,2-4,9-13H2,1H3,(H,22,24)(H,23,25). The molecule has 1 saturated carbocycles. The maximum Gasteiger partial charge on any atom is 0.227 e. The molecule has 0 bridgehead atoms. The predicted octanol–water partition coefficient (Wildman–Crippen LogP) is 2.99. The van der Waals surface area contributed by atoms with Gasteiger partial charge in [0, 0.05) is 18.0 Å². The van der Waals surface area contributed by atoms with Crippen LogP contribution in [0.5, 0.6) is 0 Å². The van der Waals surface area contributed by atoms with Crippen LogP contribution >= 0.6 is 0 Å². The fourth-order valence-electron chi connectivity index (χ4n) is 3.35. The van der Waals surface area contributed by atoms with Gasteiger partial charge in [-0.1, -0.05) is 12.1 Å². The van der Waals surface area contributed by atoms with Crippen LogP contribution in [0.25, 0.3) is 0 Å². The van der Waals surface area contributed by atoms with Gasteiger partial charge in [-0.2, -0.15) is 0 Å². The molecule has 2 amide bonds. The van der Waals surface area contributed by atoms with E-state index in [-0.39, 0.29) is 23.8 Å². The third-order valence-corrected chi connectivity index (χ3v) is 5.24. The Morgan fingerprint density at radius 2 is 1.80 bits per heavy atom. The van der Waals surface area contributed by atoms with Gasteiger partial charge < -0.3 is 16.0 Å². The number of piperidine rings is 1. The maximum absolute atomic E-state index is 12.2. The Morgan fingerprint density at radius 3 is 2.44 bits per heavy atom. The molecule has 0 radical (unpaired) electrons. The van der Waals surface area contributed by atoms with Crippen molar-refractivity contribution >= 4 is 17.5 Å². The third kappa shape index (κ3) is 5.56. The highest BCUT2D eigenvalue weighted by Gasteiger charge is 2.29. The molecule has 0 aromatic heterocycles. The first-order valence-electron chi connectivity index (χ1n) is 9.52. The van der Waals surface area contributed by atoms with Crippen molar-refractivity contribution in [2.45, 2.75) is 51.5 Å². The quantitative estimate of drug-likeness (QED) is 0.713. The van der Waals surface area contributed by atoms with Gasteiger partial charge >= 0.3 is 0 Å². The molecule has 1 aromatic carbocycles. The Hall–Kier alpha value is -1.88. The molecule has 1 saturated heterocycles. The van der Waals surface area contributed by atoms with Crippen LogP contribution < -0.4 is 16.0 Å². The van der Waals surface area contributed by atoms with E-state index in [0.29, 0.717) is 12.3 Å². The summed E-state index contributed by atoms with van der Waals surface area (Å²) in [7, 11) is 0. The van der Waals surface area contributed by atoms with E-state index in [0.717, 1.165) is 43.6 Å². The molecule has 1 aliphatic heterocycles. The van der Waals surface area contributed by atoms with Gasteiger partial charge in [0.1, 0.15) is 0 Å². The Kier molecular flexibility index (Phi) is 6.08. The Morgan fingerprint density at radius 1 is 1.12 bits per heavy atom. The highest BCUT2D eigenvalue weighted by Crippen LogP contribution is 2.30. The van der Waals surface area contributed by atoms with Crippen molar-refractivity contribution in [3.05, 3.63) is 29.8 Å². The van der Waals surface area contributed by atoms with Gasteiger partial charge in [0.25, 0.3) is 0 Å². The summed E-state index contributed by atoms with van der Waals surface area (Å²) in [6, 6.07) is 7.75. The smallest absolute Gasteiger partial charge is 0.227 e. The number of benzene rings is 1. The van der Waals surface area contributed by atoms with Gasteiger partial charge in [0.2, 0.25) is 11.8 Å². The third-order valence-electron chi connectivity index (χ3n) is 5.24. The van der Waals surface area contributed by atoms with Gasteiger partial charge in [-0.15, -0.1) is 0 Å². The summed E-state index contributed by atoms with van der Waals surface area (Å²) in [5, 5.41) is 9.37. The molecule has 0 spiro atoms. The van der Waals surface area contributed by atoms with Crippen molar-refractivity contribution < 1.29 is 9.59 Å². The number of carbonyl (C=O) groups is 2. The molecule has 5 heteroatoms. The predicted molar refractivity (Wildman–Crippen MR) is 99.2 cm³/mol. The summed E-state index contributed by atoms with van der Waals surface area (Å²) in [4.78, 5) is 23.9. The second-order valence-corrected chi connectivity index (χ2v) is 7.41. The van der Waals surface area contributed by atoms with Crippen LogP contribution in [-0.4, -0.2) is 24.9 Å². The molecular formula is C20H29N3O2. The molecule has 2 fully saturated rings. The van der Waals surface area contributed by atoms with Crippen LogP contribution in [0.2, 0.25) is 0 Å². The normalized spacial score (nSPS) is 19.2. The first-order chi connectivity index (χ1) is 12.1. The van der Waals surface area contributed by atoms with Gasteiger partial charge in [-0.25, -0.2) is 0 Å². The van der Waals surface area contributed by atoms with Crippen LogP contribution in [0.4, 0.5) is 5.69 Å². The minimum Gasteiger partial charge on any atom is -0.350 e. The molecule has 3 rings (SSSR count). The molecule has 25 heavy (non-hydrogen) atoms. The van der Waals surface area contributed by atoms with Crippen molar-refractivity contribution in [1.29, 1.82) is 0 Å². The summed E-state index contributed by atoms with van der Waals surface area (Å²) in [5.74, 6) is 1.12. The minimum absolute atomic E-state index is 0.0197. The number of amides is 2. The van der Waals surface area contributed by atoms with E-state index in [1.54, 1.807) is 0 Å². The Labute approximate surface area is 150 Å². The highest BCUT2D eigenvalue weighted by atomic mass is 16.2. The van der Waals surface area contributed by atoms with Crippen LogP contribution in [0.15, 0.2) is 24.3 Å². The summed E-state index contributed by atoms with van der Waals surface area (Å²) in [6.45, 7) is 4.15. The first kappa shape index (κ1) is 17.9. The fraction of sp³-hybridized carbons (Fsp3) is 0.600. The average molecular weight is 343 g/mol. The molecule has 1 atom stereocenters. The van der Waals surface area contributed by atoms with E-state index in [2.05, 4.69) is 16.0 Å². The molecule has 1 unspecified atom stereocenters. The van der Waals surface area contributed by atoms with E-state index < -0.39 is 0 Å². The van der Waals surface area contributed by atoms with Gasteiger partial charge in [-0.05, 0) is 75.7 Å². The lowest BCUT2D eigenvalue weighted by atomic mass is 9.93. The molecule has 136 valence electrons. The molecule has 1 aromatic rings. The highest BCUT2D eigenvalue weighted by molar-refractivity contribution is 5.94. The second kappa shape index (κ2) is 8.48. The van der Waals surface area contributed by atoms with E-state index in [1.807, 2.05) is 31.2 Å². The van der Waals surface area contributed by atoms with Crippen molar-refractivity contribution in [2.24, 2.45) is 11.8 Å². The van der Waals surface area contributed by atoms with Crippen molar-refractivity contribution in [1.82, 2.24) is 10.6 Å². The number of hydrogen-bond acceptors (Lipinski definition) is 3. The van der Waals surface area contributed by atoms with Gasteiger partial charge in [-0.3, -0.25) is 9.59 Å². The lowest BCUT2D eigenvalue weighted by Gasteiger charge is -2.22. The summed E-state index contributed by atoms with van der Waals surface area (Å²) in [5.41, 5.74) is 1.88. The average Bonchev–Trinajstić information content (AvgIpc) is 3.46. The Bertz CT molecular complexity index is 589. The van der Waals surface area contributed by atoms with Crippen molar-refractivity contribution in [3.8, 4) is 0 Å². The molecule has 1 aliphatic carbocycles. The lowest BCUT2D eigenvalue weighted by Crippen LogP contribution is -2.30. The van der Waals surface area contributed by atoms with Gasteiger partial charge in [0.05, 0.1) is 6.04 Å². The van der Waals surface area contributed by atoms with E-state index in [9.17, 15) is 9.59 Å². The SMILES string of the molecule is CC(NC(=O)CCC1CCNCC1)c1ccc(NC(=O)C2CC2)cc1. The van der Waals surface area contributed by atoms with E-state index in [4.69, 9.17) is 0 Å². The van der Waals surface area contributed by atoms with Crippen LogP contribution in [-0.2, 0) is 9.59 Å². The Balaban J connectivity index is 1.42. The topological polar surface area (TPSA) is 70.2 Å². The van der Waals surface area contributed by atoms with Crippen LogP contribution in [0, 0.1) is 11.8 Å². The minimum atomic E-state index is -0.0197. The molecule has 5 nitrogen and oxygen atoms in total. The molecule has 3 N–H and O–H groups in total. The summed E-state index contributed by atoms with van der Waals surface area (Å²) < 4.78 is 0. The maximum atomic E-state index is 12.2. The second-order valence-electron chi connectivity index (χ2n) is 7.41. The monoisotopic (exact) mass is 343 g/mol. The fourth-order valence-corrected chi connectivity index (χ4v) is 3.35. The van der Waals surface area contributed by atoms with Crippen LogP contribution in [0.3, 0.4) is 0 Å². The number of nitrogens with one attached hydrogen (secondary N) is 3. The van der Waals surface area contributed by atoms with Crippen LogP contribution in [0.1, 0.15) is 57.1 Å². The zero-order valence-electron chi connectivity index (χ0n) is 15.0.